The fraction of sp³-hybridized carbons (Fsp3) is 0.0909. The van der Waals surface area contributed by atoms with Gasteiger partial charge in [-0.3, -0.25) is 0 Å². The molecule has 0 spiro atoms. The van der Waals surface area contributed by atoms with Crippen molar-refractivity contribution in [3.05, 3.63) is 47.3 Å². The number of hydrogen-bond donors (Lipinski definition) is 1. The van der Waals surface area contributed by atoms with Crippen LogP contribution in [0, 0.1) is 18.6 Å². The molecule has 6 heteroatoms. The van der Waals surface area contributed by atoms with Crippen LogP contribution >= 0.6 is 0 Å². The predicted molar refractivity (Wildman–Crippen MR) is 55.2 cm³/mol. The normalized spacial score (nSPS) is 10.5. The molecule has 88 valence electrons. The average molecular weight is 238 g/mol. The van der Waals surface area contributed by atoms with Gasteiger partial charge in [-0.1, -0.05) is 6.07 Å². The predicted octanol–water partition coefficient (Wildman–Crippen LogP) is 2.16. The lowest BCUT2D eigenvalue weighted by molar-refractivity contribution is 0.0689. The summed E-state index contributed by atoms with van der Waals surface area (Å²) in [6, 6.07) is 3.38. The van der Waals surface area contributed by atoms with Crippen LogP contribution in [0.4, 0.5) is 8.78 Å². The zero-order valence-electron chi connectivity index (χ0n) is 8.82. The first kappa shape index (κ1) is 11.3. The monoisotopic (exact) mass is 238 g/mol. The molecule has 1 heterocycles. The molecule has 2 aromatic rings. The Morgan fingerprint density at radius 1 is 1.35 bits per heavy atom. The van der Waals surface area contributed by atoms with Gasteiger partial charge in [0.25, 0.3) is 0 Å². The molecular weight excluding hydrogens is 230 g/mol. The van der Waals surface area contributed by atoms with Crippen LogP contribution in [0.1, 0.15) is 16.1 Å². The molecule has 0 aliphatic heterocycles. The van der Waals surface area contributed by atoms with Crippen LogP contribution in [0.2, 0.25) is 0 Å². The summed E-state index contributed by atoms with van der Waals surface area (Å²) in [5.41, 5.74) is -0.282. The largest absolute Gasteiger partial charge is 0.476 e. The van der Waals surface area contributed by atoms with Crippen molar-refractivity contribution in [1.82, 2.24) is 9.78 Å². The molecule has 0 fully saturated rings. The topological polar surface area (TPSA) is 55.1 Å². The third-order valence-corrected chi connectivity index (χ3v) is 2.27. The van der Waals surface area contributed by atoms with Crippen molar-refractivity contribution >= 4 is 5.97 Å². The van der Waals surface area contributed by atoms with E-state index in [1.807, 2.05) is 0 Å². The maximum Gasteiger partial charge on any atom is 0.356 e. The number of nitrogens with zero attached hydrogens (tertiary/aromatic N) is 2. The van der Waals surface area contributed by atoms with E-state index in [4.69, 9.17) is 5.11 Å². The van der Waals surface area contributed by atoms with Gasteiger partial charge >= 0.3 is 5.97 Å². The van der Waals surface area contributed by atoms with Gasteiger partial charge in [0.2, 0.25) is 0 Å². The highest BCUT2D eigenvalue weighted by Crippen LogP contribution is 2.18. The number of para-hydroxylation sites is 1. The third kappa shape index (κ3) is 1.89. The molecule has 0 saturated heterocycles. The second-order valence-corrected chi connectivity index (χ2v) is 3.48. The van der Waals surface area contributed by atoms with E-state index in [0.29, 0.717) is 5.56 Å². The van der Waals surface area contributed by atoms with E-state index in [-0.39, 0.29) is 11.4 Å². The van der Waals surface area contributed by atoms with Gasteiger partial charge < -0.3 is 5.11 Å². The summed E-state index contributed by atoms with van der Waals surface area (Å²) < 4.78 is 27.8. The Hall–Kier alpha value is -2.24. The second-order valence-electron chi connectivity index (χ2n) is 3.48. The minimum Gasteiger partial charge on any atom is -0.476 e. The molecule has 0 unspecified atom stereocenters. The Morgan fingerprint density at radius 2 is 1.94 bits per heavy atom. The zero-order valence-corrected chi connectivity index (χ0v) is 8.82. The van der Waals surface area contributed by atoms with Crippen LogP contribution in [-0.4, -0.2) is 20.9 Å². The number of aryl methyl sites for hydroxylation is 1. The van der Waals surface area contributed by atoms with Crippen molar-refractivity contribution in [2.24, 2.45) is 0 Å². The standard InChI is InChI=1S/C11H8F2N2O2/c1-6-5-15(14-9(6)11(16)17)10-7(12)3-2-4-8(10)13/h2-5H,1H3,(H,16,17). The SMILES string of the molecule is Cc1cn(-c2c(F)cccc2F)nc1C(=O)O. The minimum absolute atomic E-state index is 0.229. The summed E-state index contributed by atoms with van der Waals surface area (Å²) in [4.78, 5) is 10.8. The van der Waals surface area contributed by atoms with E-state index in [9.17, 15) is 13.6 Å². The van der Waals surface area contributed by atoms with Crippen molar-refractivity contribution in [2.75, 3.05) is 0 Å². The fourth-order valence-corrected chi connectivity index (χ4v) is 1.49. The molecule has 0 bridgehead atoms. The van der Waals surface area contributed by atoms with Gasteiger partial charge in [-0.05, 0) is 19.1 Å². The van der Waals surface area contributed by atoms with Gasteiger partial charge in [0.1, 0.15) is 5.69 Å². The van der Waals surface area contributed by atoms with Crippen LogP contribution < -0.4 is 0 Å². The van der Waals surface area contributed by atoms with Crippen LogP contribution in [0.5, 0.6) is 0 Å². The van der Waals surface area contributed by atoms with Gasteiger partial charge in [0.05, 0.1) is 0 Å². The number of halogens is 2. The van der Waals surface area contributed by atoms with Gasteiger partial charge in [-0.2, -0.15) is 5.10 Å². The molecule has 0 atom stereocenters. The molecule has 1 N–H and O–H groups in total. The lowest BCUT2D eigenvalue weighted by Gasteiger charge is -2.03. The van der Waals surface area contributed by atoms with E-state index < -0.39 is 17.6 Å². The molecular formula is C11H8F2N2O2. The van der Waals surface area contributed by atoms with Gasteiger partial charge in [0.15, 0.2) is 17.3 Å². The highest BCUT2D eigenvalue weighted by Gasteiger charge is 2.17. The number of aromatic carboxylic acids is 1. The number of hydrogen-bond acceptors (Lipinski definition) is 2. The Morgan fingerprint density at radius 3 is 2.41 bits per heavy atom. The van der Waals surface area contributed by atoms with Crippen molar-refractivity contribution in [2.45, 2.75) is 6.92 Å². The molecule has 2 rings (SSSR count). The smallest absolute Gasteiger partial charge is 0.356 e. The van der Waals surface area contributed by atoms with Crippen molar-refractivity contribution in [3.63, 3.8) is 0 Å². The van der Waals surface area contributed by atoms with Crippen LogP contribution in [0.15, 0.2) is 24.4 Å². The molecule has 0 aliphatic rings. The molecule has 0 radical (unpaired) electrons. The summed E-state index contributed by atoms with van der Waals surface area (Å²) in [6.07, 6.45) is 1.27. The third-order valence-electron chi connectivity index (χ3n) is 2.27. The summed E-state index contributed by atoms with van der Waals surface area (Å²) in [6.45, 7) is 1.51. The highest BCUT2D eigenvalue weighted by molar-refractivity contribution is 5.86. The summed E-state index contributed by atoms with van der Waals surface area (Å²) in [5.74, 6) is -2.84. The van der Waals surface area contributed by atoms with Crippen LogP contribution in [0.25, 0.3) is 5.69 Å². The summed E-state index contributed by atoms with van der Waals surface area (Å²) in [5, 5.41) is 12.4. The molecule has 1 aromatic heterocycles. The second kappa shape index (κ2) is 3.97. The molecule has 1 aromatic carbocycles. The number of rotatable bonds is 2. The maximum absolute atomic E-state index is 13.4. The van der Waals surface area contributed by atoms with Crippen LogP contribution in [-0.2, 0) is 0 Å². The van der Waals surface area contributed by atoms with E-state index in [0.717, 1.165) is 16.8 Å². The first-order chi connectivity index (χ1) is 8.00. The lowest BCUT2D eigenvalue weighted by atomic mass is 10.3. The number of carbonyl (C=O) groups is 1. The Labute approximate surface area is 95.1 Å². The minimum atomic E-state index is -1.24. The quantitative estimate of drug-likeness (QED) is 0.872. The van der Waals surface area contributed by atoms with Crippen molar-refractivity contribution < 1.29 is 18.7 Å². The van der Waals surface area contributed by atoms with E-state index in [2.05, 4.69) is 5.10 Å². The van der Waals surface area contributed by atoms with E-state index in [1.54, 1.807) is 0 Å². The van der Waals surface area contributed by atoms with E-state index >= 15 is 0 Å². The first-order valence-corrected chi connectivity index (χ1v) is 4.74. The van der Waals surface area contributed by atoms with Gasteiger partial charge in [0, 0.05) is 11.8 Å². The fourth-order valence-electron chi connectivity index (χ4n) is 1.49. The van der Waals surface area contributed by atoms with Crippen LogP contribution in [0.3, 0.4) is 0 Å². The van der Waals surface area contributed by atoms with Gasteiger partial charge in [-0.25, -0.2) is 18.3 Å². The highest BCUT2D eigenvalue weighted by atomic mass is 19.1. The Balaban J connectivity index is 2.62. The zero-order chi connectivity index (χ0) is 12.6. The Kier molecular flexibility index (Phi) is 2.63. The maximum atomic E-state index is 13.4. The lowest BCUT2D eigenvalue weighted by Crippen LogP contribution is -2.05. The van der Waals surface area contributed by atoms with E-state index in [1.165, 1.54) is 19.2 Å². The number of aromatic nitrogens is 2. The number of carboxylic acids is 1. The van der Waals surface area contributed by atoms with Crippen molar-refractivity contribution in [1.29, 1.82) is 0 Å². The summed E-state index contributed by atoms with van der Waals surface area (Å²) >= 11 is 0. The molecule has 4 nitrogen and oxygen atoms in total. The first-order valence-electron chi connectivity index (χ1n) is 4.74. The molecule has 0 amide bonds. The summed E-state index contributed by atoms with van der Waals surface area (Å²) in [7, 11) is 0. The van der Waals surface area contributed by atoms with Crippen molar-refractivity contribution in [3.8, 4) is 5.69 Å². The number of benzene rings is 1. The molecule has 17 heavy (non-hydrogen) atoms. The molecule has 0 saturated carbocycles. The average Bonchev–Trinajstić information content (AvgIpc) is 2.60. The number of carboxylic acid groups (broad SMARTS) is 1. The molecule has 0 aliphatic carbocycles. The Bertz CT molecular complexity index is 573. The van der Waals surface area contributed by atoms with Gasteiger partial charge in [-0.15, -0.1) is 0 Å².